The van der Waals surface area contributed by atoms with Crippen LogP contribution in [-0.2, 0) is 9.47 Å². The van der Waals surface area contributed by atoms with Gasteiger partial charge in [0.1, 0.15) is 5.60 Å². The molecule has 0 aromatic rings. The number of carbonyl (C=O) groups excluding carboxylic acids is 1. The Morgan fingerprint density at radius 2 is 1.70 bits per heavy atom. The summed E-state index contributed by atoms with van der Waals surface area (Å²) in [5, 5.41) is 3.27. The molecule has 20 heavy (non-hydrogen) atoms. The van der Waals surface area contributed by atoms with Gasteiger partial charge in [-0.05, 0) is 48.5 Å². The molecule has 1 amide bonds. The molecule has 0 aromatic carbocycles. The van der Waals surface area contributed by atoms with E-state index in [-0.39, 0.29) is 11.6 Å². The molecule has 120 valence electrons. The minimum absolute atomic E-state index is 0.260. The summed E-state index contributed by atoms with van der Waals surface area (Å²) in [5.74, 6) is 0. The van der Waals surface area contributed by atoms with Gasteiger partial charge in [-0.1, -0.05) is 0 Å². The Hall–Kier alpha value is -0.810. The SMILES string of the molecule is CCOCCNCCN(C(=O)OC(C)(C)C)C(C)(C)C. The first-order valence-corrected chi connectivity index (χ1v) is 7.37. The number of rotatable bonds is 7. The number of nitrogens with zero attached hydrogens (tertiary/aromatic N) is 1. The van der Waals surface area contributed by atoms with Crippen molar-refractivity contribution in [3.05, 3.63) is 0 Å². The second-order valence-corrected chi connectivity index (χ2v) is 6.75. The average molecular weight is 288 g/mol. The van der Waals surface area contributed by atoms with E-state index in [2.05, 4.69) is 5.32 Å². The van der Waals surface area contributed by atoms with E-state index >= 15 is 0 Å². The maximum Gasteiger partial charge on any atom is 0.410 e. The normalized spacial score (nSPS) is 12.3. The van der Waals surface area contributed by atoms with E-state index in [9.17, 15) is 4.79 Å². The Labute approximate surface area is 124 Å². The van der Waals surface area contributed by atoms with Crippen molar-refractivity contribution in [2.45, 2.75) is 59.6 Å². The van der Waals surface area contributed by atoms with Gasteiger partial charge in [0.25, 0.3) is 0 Å². The van der Waals surface area contributed by atoms with Gasteiger partial charge >= 0.3 is 6.09 Å². The Kier molecular flexibility index (Phi) is 8.13. The van der Waals surface area contributed by atoms with Crippen molar-refractivity contribution in [3.63, 3.8) is 0 Å². The number of hydrogen-bond acceptors (Lipinski definition) is 4. The number of carbonyl (C=O) groups is 1. The lowest BCUT2D eigenvalue weighted by molar-refractivity contribution is 0.00656. The highest BCUT2D eigenvalue weighted by Crippen LogP contribution is 2.17. The first-order valence-electron chi connectivity index (χ1n) is 7.37. The van der Waals surface area contributed by atoms with Crippen molar-refractivity contribution in [2.75, 3.05) is 32.8 Å². The zero-order valence-corrected chi connectivity index (χ0v) is 14.2. The van der Waals surface area contributed by atoms with E-state index in [4.69, 9.17) is 9.47 Å². The van der Waals surface area contributed by atoms with Crippen LogP contribution in [0.4, 0.5) is 4.79 Å². The molecule has 0 saturated heterocycles. The molecule has 5 nitrogen and oxygen atoms in total. The molecule has 0 aliphatic carbocycles. The maximum absolute atomic E-state index is 12.2. The van der Waals surface area contributed by atoms with Gasteiger partial charge in [-0.25, -0.2) is 4.79 Å². The van der Waals surface area contributed by atoms with Gasteiger partial charge in [0.05, 0.1) is 6.61 Å². The summed E-state index contributed by atoms with van der Waals surface area (Å²) in [4.78, 5) is 14.0. The second kappa shape index (κ2) is 8.47. The number of ether oxygens (including phenoxy) is 2. The highest BCUT2D eigenvalue weighted by molar-refractivity contribution is 5.69. The fourth-order valence-electron chi connectivity index (χ4n) is 1.62. The molecule has 0 fully saturated rings. The van der Waals surface area contributed by atoms with E-state index in [0.29, 0.717) is 13.2 Å². The molecule has 0 bridgehead atoms. The minimum Gasteiger partial charge on any atom is -0.444 e. The maximum atomic E-state index is 12.2. The molecule has 0 unspecified atom stereocenters. The molecular formula is C15H32N2O3. The monoisotopic (exact) mass is 288 g/mol. The highest BCUT2D eigenvalue weighted by atomic mass is 16.6. The molecule has 0 aromatic heterocycles. The molecule has 0 atom stereocenters. The smallest absolute Gasteiger partial charge is 0.410 e. The van der Waals surface area contributed by atoms with Gasteiger partial charge in [-0.3, -0.25) is 0 Å². The summed E-state index contributed by atoms with van der Waals surface area (Å²) in [6.45, 7) is 17.2. The fourth-order valence-corrected chi connectivity index (χ4v) is 1.62. The standard InChI is InChI=1S/C15H32N2O3/c1-8-19-12-10-16-9-11-17(14(2,3)4)13(18)20-15(5,6)7/h16H,8-12H2,1-7H3. The molecule has 0 heterocycles. The molecule has 0 radical (unpaired) electrons. The second-order valence-electron chi connectivity index (χ2n) is 6.75. The molecule has 0 aliphatic rings. The van der Waals surface area contributed by atoms with Crippen LogP contribution >= 0.6 is 0 Å². The lowest BCUT2D eigenvalue weighted by Gasteiger charge is -2.36. The largest absolute Gasteiger partial charge is 0.444 e. The van der Waals surface area contributed by atoms with Crippen LogP contribution in [0.3, 0.4) is 0 Å². The van der Waals surface area contributed by atoms with Crippen molar-refractivity contribution < 1.29 is 14.3 Å². The van der Waals surface area contributed by atoms with Crippen LogP contribution in [0.5, 0.6) is 0 Å². The molecule has 5 heteroatoms. The van der Waals surface area contributed by atoms with Crippen LogP contribution in [0.1, 0.15) is 48.5 Å². The number of amides is 1. The van der Waals surface area contributed by atoms with Crippen LogP contribution in [0.15, 0.2) is 0 Å². The van der Waals surface area contributed by atoms with Gasteiger partial charge in [0, 0.05) is 31.8 Å². The lowest BCUT2D eigenvalue weighted by Crippen LogP contribution is -2.50. The topological polar surface area (TPSA) is 50.8 Å². The number of hydrogen-bond donors (Lipinski definition) is 1. The van der Waals surface area contributed by atoms with Crippen molar-refractivity contribution >= 4 is 6.09 Å². The molecule has 0 saturated carbocycles. The summed E-state index contributed by atoms with van der Waals surface area (Å²) in [5.41, 5.74) is -0.729. The lowest BCUT2D eigenvalue weighted by atomic mass is 10.1. The molecule has 0 aliphatic heterocycles. The zero-order valence-electron chi connectivity index (χ0n) is 14.2. The van der Waals surface area contributed by atoms with Gasteiger partial charge in [-0.2, -0.15) is 0 Å². The van der Waals surface area contributed by atoms with Crippen molar-refractivity contribution in [3.8, 4) is 0 Å². The third-order valence-electron chi connectivity index (χ3n) is 2.56. The molecule has 0 rings (SSSR count). The predicted octanol–water partition coefficient (Wildman–Crippen LogP) is 2.65. The first kappa shape index (κ1) is 19.2. The van der Waals surface area contributed by atoms with Crippen molar-refractivity contribution in [1.29, 1.82) is 0 Å². The Balaban J connectivity index is 4.27. The Morgan fingerprint density at radius 1 is 1.10 bits per heavy atom. The van der Waals surface area contributed by atoms with E-state index in [1.807, 2.05) is 48.5 Å². The minimum atomic E-state index is -0.469. The summed E-state index contributed by atoms with van der Waals surface area (Å²) in [6.07, 6.45) is -0.267. The van der Waals surface area contributed by atoms with E-state index in [1.165, 1.54) is 0 Å². The summed E-state index contributed by atoms with van der Waals surface area (Å²) in [7, 11) is 0. The van der Waals surface area contributed by atoms with Crippen LogP contribution in [0, 0.1) is 0 Å². The fraction of sp³-hybridized carbons (Fsp3) is 0.933. The highest BCUT2D eigenvalue weighted by Gasteiger charge is 2.30. The van der Waals surface area contributed by atoms with Crippen molar-refractivity contribution in [1.82, 2.24) is 10.2 Å². The predicted molar refractivity (Wildman–Crippen MR) is 82.1 cm³/mol. The molecular weight excluding hydrogens is 256 g/mol. The Bertz CT molecular complexity index is 280. The first-order chi connectivity index (χ1) is 9.08. The van der Waals surface area contributed by atoms with Crippen LogP contribution in [0.25, 0.3) is 0 Å². The average Bonchev–Trinajstić information content (AvgIpc) is 2.23. The Morgan fingerprint density at radius 3 is 2.15 bits per heavy atom. The third kappa shape index (κ3) is 9.15. The van der Waals surface area contributed by atoms with Crippen LogP contribution < -0.4 is 5.32 Å². The number of nitrogens with one attached hydrogen (secondary N) is 1. The van der Waals surface area contributed by atoms with E-state index in [1.54, 1.807) is 4.90 Å². The van der Waals surface area contributed by atoms with Crippen LogP contribution in [0.2, 0.25) is 0 Å². The zero-order chi connectivity index (χ0) is 15.8. The van der Waals surface area contributed by atoms with Crippen molar-refractivity contribution in [2.24, 2.45) is 0 Å². The van der Waals surface area contributed by atoms with Gasteiger partial charge < -0.3 is 19.7 Å². The molecule has 0 spiro atoms. The van der Waals surface area contributed by atoms with Gasteiger partial charge in [0.2, 0.25) is 0 Å². The van der Waals surface area contributed by atoms with E-state index in [0.717, 1.165) is 19.7 Å². The summed E-state index contributed by atoms with van der Waals surface area (Å²) in [6, 6.07) is 0. The summed E-state index contributed by atoms with van der Waals surface area (Å²) < 4.78 is 10.7. The summed E-state index contributed by atoms with van der Waals surface area (Å²) >= 11 is 0. The van der Waals surface area contributed by atoms with Gasteiger partial charge in [0.15, 0.2) is 0 Å². The van der Waals surface area contributed by atoms with E-state index < -0.39 is 5.60 Å². The third-order valence-corrected chi connectivity index (χ3v) is 2.56. The van der Waals surface area contributed by atoms with Crippen LogP contribution in [-0.4, -0.2) is 55.0 Å². The molecule has 1 N–H and O–H groups in total. The van der Waals surface area contributed by atoms with Gasteiger partial charge in [-0.15, -0.1) is 0 Å². The quantitative estimate of drug-likeness (QED) is 0.732.